The smallest absolute Gasteiger partial charge is 0.0671 e. The van der Waals surface area contributed by atoms with Crippen LogP contribution < -0.4 is 5.32 Å². The van der Waals surface area contributed by atoms with Gasteiger partial charge in [0.05, 0.1) is 5.54 Å². The molecule has 18 heavy (non-hydrogen) atoms. The highest BCUT2D eigenvalue weighted by atomic mass is 14.9. The highest BCUT2D eigenvalue weighted by molar-refractivity contribution is 5.77. The van der Waals surface area contributed by atoms with E-state index in [1.807, 2.05) is 7.05 Å². The largest absolute Gasteiger partial charge is 0.307 e. The van der Waals surface area contributed by atoms with E-state index in [9.17, 15) is 0 Å². The molecule has 0 fully saturated rings. The van der Waals surface area contributed by atoms with Crippen molar-refractivity contribution in [3.63, 3.8) is 0 Å². The summed E-state index contributed by atoms with van der Waals surface area (Å²) in [6, 6.07) is 17.2. The topological polar surface area (TPSA) is 12.0 Å². The summed E-state index contributed by atoms with van der Waals surface area (Å²) in [7, 11) is 2.03. The van der Waals surface area contributed by atoms with E-state index in [1.165, 1.54) is 22.3 Å². The molecule has 2 aromatic rings. The Bertz CT molecular complexity index is 561. The van der Waals surface area contributed by atoms with Gasteiger partial charge in [-0.2, -0.15) is 0 Å². The van der Waals surface area contributed by atoms with Gasteiger partial charge >= 0.3 is 0 Å². The van der Waals surface area contributed by atoms with Gasteiger partial charge in [-0.25, -0.2) is 0 Å². The Morgan fingerprint density at radius 1 is 0.778 bits per heavy atom. The Morgan fingerprint density at radius 3 is 1.67 bits per heavy atom. The molecule has 90 valence electrons. The van der Waals surface area contributed by atoms with E-state index in [0.29, 0.717) is 0 Å². The highest BCUT2D eigenvalue weighted by Gasteiger charge is 2.31. The maximum Gasteiger partial charge on any atom is 0.0671 e. The molecule has 0 atom stereocenters. The summed E-state index contributed by atoms with van der Waals surface area (Å²) in [5, 5.41) is 3.49. The minimum atomic E-state index is -0.142. The van der Waals surface area contributed by atoms with Gasteiger partial charge in [0, 0.05) is 0 Å². The summed E-state index contributed by atoms with van der Waals surface area (Å²) in [6.45, 7) is 2.25. The average Bonchev–Trinajstić information content (AvgIpc) is 2.56. The van der Waals surface area contributed by atoms with E-state index in [2.05, 4.69) is 72.9 Å². The zero-order chi connectivity index (χ0) is 12.6. The third-order valence-electron chi connectivity index (χ3n) is 3.94. The molecule has 1 heteroatoms. The van der Waals surface area contributed by atoms with Crippen molar-refractivity contribution in [2.24, 2.45) is 0 Å². The van der Waals surface area contributed by atoms with Gasteiger partial charge < -0.3 is 5.32 Å². The monoisotopic (exact) mass is 235 g/mol. The first-order valence-electron chi connectivity index (χ1n) is 6.32. The van der Waals surface area contributed by atoms with Crippen molar-refractivity contribution in [2.45, 2.75) is 12.5 Å². The predicted molar refractivity (Wildman–Crippen MR) is 77.3 cm³/mol. The number of hydrogen-bond acceptors (Lipinski definition) is 1. The van der Waals surface area contributed by atoms with E-state index in [0.717, 1.165) is 0 Å². The Morgan fingerprint density at radius 2 is 1.22 bits per heavy atom. The fourth-order valence-electron chi connectivity index (χ4n) is 2.79. The van der Waals surface area contributed by atoms with Crippen molar-refractivity contribution in [2.75, 3.05) is 7.05 Å². The number of nitrogens with one attached hydrogen (secondary N) is 1. The lowest BCUT2D eigenvalue weighted by Crippen LogP contribution is -2.38. The lowest BCUT2D eigenvalue weighted by Gasteiger charge is -2.32. The van der Waals surface area contributed by atoms with Crippen molar-refractivity contribution >= 4 is 12.2 Å². The predicted octanol–water partition coefficient (Wildman–Crippen LogP) is 3.65. The van der Waals surface area contributed by atoms with Crippen molar-refractivity contribution in [3.8, 4) is 0 Å². The minimum absolute atomic E-state index is 0.142. The number of benzene rings is 2. The summed E-state index contributed by atoms with van der Waals surface area (Å²) < 4.78 is 0. The number of hydrogen-bond donors (Lipinski definition) is 1. The standard InChI is InChI=1S/C17H17N/c1-17(18-2)15-9-5-3-7-13(15)11-12-14-8-4-6-10-16(14)17/h3-12,18H,1-2H3. The van der Waals surface area contributed by atoms with Gasteiger partial charge in [-0.3, -0.25) is 0 Å². The van der Waals surface area contributed by atoms with Crippen molar-refractivity contribution in [1.29, 1.82) is 0 Å². The maximum atomic E-state index is 3.49. The van der Waals surface area contributed by atoms with Crippen LogP contribution in [0.1, 0.15) is 29.2 Å². The van der Waals surface area contributed by atoms with Crippen LogP contribution in [-0.4, -0.2) is 7.05 Å². The first-order chi connectivity index (χ1) is 8.75. The van der Waals surface area contributed by atoms with Crippen LogP contribution in [0, 0.1) is 0 Å². The quantitative estimate of drug-likeness (QED) is 0.795. The molecule has 1 N–H and O–H groups in total. The van der Waals surface area contributed by atoms with E-state index in [1.54, 1.807) is 0 Å². The van der Waals surface area contributed by atoms with Crippen LogP contribution in [0.5, 0.6) is 0 Å². The zero-order valence-electron chi connectivity index (χ0n) is 10.8. The van der Waals surface area contributed by atoms with Crippen molar-refractivity contribution < 1.29 is 0 Å². The number of rotatable bonds is 1. The van der Waals surface area contributed by atoms with E-state index in [4.69, 9.17) is 0 Å². The summed E-state index contributed by atoms with van der Waals surface area (Å²) in [6.07, 6.45) is 4.41. The molecule has 2 aromatic carbocycles. The van der Waals surface area contributed by atoms with Gasteiger partial charge in [0.25, 0.3) is 0 Å². The van der Waals surface area contributed by atoms with Crippen molar-refractivity contribution in [3.05, 3.63) is 70.8 Å². The van der Waals surface area contributed by atoms with Crippen LogP contribution >= 0.6 is 0 Å². The summed E-state index contributed by atoms with van der Waals surface area (Å²) in [5.41, 5.74) is 5.08. The van der Waals surface area contributed by atoms with Gasteiger partial charge in [0.15, 0.2) is 0 Å². The van der Waals surface area contributed by atoms with Crippen LogP contribution in [0.3, 0.4) is 0 Å². The van der Waals surface area contributed by atoms with Gasteiger partial charge in [-0.05, 0) is 36.2 Å². The fraction of sp³-hybridized carbons (Fsp3) is 0.176. The first-order valence-corrected chi connectivity index (χ1v) is 6.32. The van der Waals surface area contributed by atoms with Gasteiger partial charge in [-0.15, -0.1) is 0 Å². The molecular weight excluding hydrogens is 218 g/mol. The Labute approximate surface area is 108 Å². The molecule has 1 nitrogen and oxygen atoms in total. The molecule has 0 aromatic heterocycles. The van der Waals surface area contributed by atoms with Crippen molar-refractivity contribution in [1.82, 2.24) is 5.32 Å². The molecular formula is C17H17N. The summed E-state index contributed by atoms with van der Waals surface area (Å²) in [4.78, 5) is 0. The Hall–Kier alpha value is -1.86. The summed E-state index contributed by atoms with van der Waals surface area (Å²) in [5.74, 6) is 0. The molecule has 0 aliphatic heterocycles. The molecule has 1 aliphatic rings. The molecule has 0 spiro atoms. The first kappa shape index (κ1) is 11.2. The zero-order valence-corrected chi connectivity index (χ0v) is 10.8. The molecule has 0 saturated carbocycles. The normalized spacial score (nSPS) is 15.7. The van der Waals surface area contributed by atoms with Gasteiger partial charge in [0.2, 0.25) is 0 Å². The van der Waals surface area contributed by atoms with Gasteiger partial charge in [-0.1, -0.05) is 60.7 Å². The molecule has 1 aliphatic carbocycles. The second-order valence-corrected chi connectivity index (χ2v) is 4.88. The second kappa shape index (κ2) is 4.11. The lowest BCUT2D eigenvalue weighted by molar-refractivity contribution is 0.484. The molecule has 0 radical (unpaired) electrons. The van der Waals surface area contributed by atoms with Crippen LogP contribution in [0.15, 0.2) is 48.5 Å². The second-order valence-electron chi connectivity index (χ2n) is 4.88. The minimum Gasteiger partial charge on any atom is -0.307 e. The van der Waals surface area contributed by atoms with E-state index in [-0.39, 0.29) is 5.54 Å². The third kappa shape index (κ3) is 1.52. The highest BCUT2D eigenvalue weighted by Crippen LogP contribution is 2.37. The molecule has 0 heterocycles. The SMILES string of the molecule is CNC1(C)c2ccccc2C=Cc2ccccc21. The Kier molecular flexibility index (Phi) is 2.57. The molecule has 0 amide bonds. The van der Waals surface area contributed by atoms with Crippen LogP contribution in [0.4, 0.5) is 0 Å². The Balaban J connectivity index is 2.35. The van der Waals surface area contributed by atoms with Crippen LogP contribution in [0.2, 0.25) is 0 Å². The molecule has 3 rings (SSSR count). The average molecular weight is 235 g/mol. The number of fused-ring (bicyclic) bond motifs is 2. The van der Waals surface area contributed by atoms with E-state index >= 15 is 0 Å². The fourth-order valence-corrected chi connectivity index (χ4v) is 2.79. The van der Waals surface area contributed by atoms with Crippen LogP contribution in [-0.2, 0) is 5.54 Å². The summed E-state index contributed by atoms with van der Waals surface area (Å²) >= 11 is 0. The van der Waals surface area contributed by atoms with Gasteiger partial charge in [0.1, 0.15) is 0 Å². The van der Waals surface area contributed by atoms with E-state index < -0.39 is 0 Å². The van der Waals surface area contributed by atoms with Crippen LogP contribution in [0.25, 0.3) is 12.2 Å². The maximum absolute atomic E-state index is 3.49. The molecule has 0 bridgehead atoms. The third-order valence-corrected chi connectivity index (χ3v) is 3.94. The lowest BCUT2D eigenvalue weighted by atomic mass is 9.82. The molecule has 0 saturated heterocycles. The molecule has 0 unspecified atom stereocenters.